The lowest BCUT2D eigenvalue weighted by molar-refractivity contribution is 0.355. The Kier molecular flexibility index (Phi) is 5.19. The third-order valence-electron chi connectivity index (χ3n) is 5.02. The Labute approximate surface area is 180 Å². The highest BCUT2D eigenvalue weighted by molar-refractivity contribution is 6.35. The molecule has 150 valence electrons. The number of aliphatic imine (C=N–C) groups is 1. The average molecular weight is 430 g/mol. The van der Waals surface area contributed by atoms with Gasteiger partial charge in [0.1, 0.15) is 0 Å². The average Bonchev–Trinajstić information content (AvgIpc) is 2.97. The summed E-state index contributed by atoms with van der Waals surface area (Å²) in [4.78, 5) is 4.83. The molecule has 0 aliphatic carbocycles. The van der Waals surface area contributed by atoms with Crippen LogP contribution in [0.5, 0.6) is 11.5 Å². The summed E-state index contributed by atoms with van der Waals surface area (Å²) in [5.74, 6) is 2.22. The number of hydrogen-bond donors (Lipinski definition) is 0. The standard InChI is InChI=1S/C22H21Cl2N3O2/c1-13-7-8-26-22(25-13)21(15-5-6-19(28-3)20(9-15)29-4)14(2)27(26)18-11-16(23)10-17(24)12-18/h5-12,14H,1-4H3. The zero-order valence-electron chi connectivity index (χ0n) is 16.6. The minimum atomic E-state index is -0.0167. The zero-order valence-corrected chi connectivity index (χ0v) is 18.1. The van der Waals surface area contributed by atoms with E-state index in [1.54, 1.807) is 20.3 Å². The summed E-state index contributed by atoms with van der Waals surface area (Å²) in [7, 11) is 3.26. The molecule has 0 N–H and O–H groups in total. The molecular formula is C22H21Cl2N3O2. The Balaban J connectivity index is 1.86. The Morgan fingerprint density at radius 3 is 2.31 bits per heavy atom. The zero-order chi connectivity index (χ0) is 20.7. The first kappa shape index (κ1) is 19.7. The fraction of sp³-hybridized carbons (Fsp3) is 0.227. The Morgan fingerprint density at radius 1 is 0.966 bits per heavy atom. The number of benzene rings is 2. The van der Waals surface area contributed by atoms with Crippen LogP contribution in [-0.2, 0) is 0 Å². The van der Waals surface area contributed by atoms with Crippen LogP contribution in [0.25, 0.3) is 5.57 Å². The monoisotopic (exact) mass is 429 g/mol. The number of nitrogens with zero attached hydrogens (tertiary/aromatic N) is 3. The van der Waals surface area contributed by atoms with Crippen LogP contribution >= 0.6 is 23.2 Å². The van der Waals surface area contributed by atoms with Crippen LogP contribution < -0.4 is 14.5 Å². The van der Waals surface area contributed by atoms with E-state index in [-0.39, 0.29) is 6.04 Å². The third kappa shape index (κ3) is 3.45. The van der Waals surface area contributed by atoms with Gasteiger partial charge in [-0.25, -0.2) is 10.0 Å². The number of hydrazine groups is 1. The Morgan fingerprint density at radius 2 is 1.66 bits per heavy atom. The molecule has 5 nitrogen and oxygen atoms in total. The molecule has 0 saturated heterocycles. The second-order valence-corrected chi connectivity index (χ2v) is 7.74. The van der Waals surface area contributed by atoms with Gasteiger partial charge in [-0.1, -0.05) is 29.3 Å². The summed E-state index contributed by atoms with van der Waals surface area (Å²) < 4.78 is 10.9. The van der Waals surface area contributed by atoms with E-state index in [9.17, 15) is 0 Å². The van der Waals surface area contributed by atoms with Gasteiger partial charge in [0.2, 0.25) is 0 Å². The summed E-state index contributed by atoms with van der Waals surface area (Å²) in [6.45, 7) is 4.11. The van der Waals surface area contributed by atoms with Crippen LogP contribution in [0.1, 0.15) is 19.4 Å². The highest BCUT2D eigenvalue weighted by Gasteiger charge is 2.38. The molecule has 7 heteroatoms. The molecule has 2 aromatic carbocycles. The van der Waals surface area contributed by atoms with Crippen LogP contribution in [0.2, 0.25) is 10.0 Å². The molecule has 0 spiro atoms. The second kappa shape index (κ2) is 7.65. The number of fused-ring (bicyclic) bond motifs is 1. The molecule has 0 amide bonds. The minimum absolute atomic E-state index is 0.0167. The van der Waals surface area contributed by atoms with Crippen molar-refractivity contribution in [2.24, 2.45) is 4.99 Å². The molecule has 29 heavy (non-hydrogen) atoms. The molecule has 0 bridgehead atoms. The quantitative estimate of drug-likeness (QED) is 0.615. The first-order valence-electron chi connectivity index (χ1n) is 9.17. The van der Waals surface area contributed by atoms with Gasteiger partial charge < -0.3 is 9.47 Å². The van der Waals surface area contributed by atoms with Crippen molar-refractivity contribution in [2.45, 2.75) is 19.9 Å². The lowest BCUT2D eigenvalue weighted by Crippen LogP contribution is -2.39. The van der Waals surface area contributed by atoms with Crippen LogP contribution in [0.3, 0.4) is 0 Å². The highest BCUT2D eigenvalue weighted by atomic mass is 35.5. The van der Waals surface area contributed by atoms with E-state index in [2.05, 4.69) is 11.9 Å². The number of halogens is 2. The fourth-order valence-electron chi connectivity index (χ4n) is 3.75. The summed E-state index contributed by atoms with van der Waals surface area (Å²) in [6, 6.07) is 11.4. The van der Waals surface area contributed by atoms with Gasteiger partial charge in [0.05, 0.1) is 25.9 Å². The second-order valence-electron chi connectivity index (χ2n) is 6.87. The van der Waals surface area contributed by atoms with Crippen molar-refractivity contribution in [2.75, 3.05) is 19.2 Å². The van der Waals surface area contributed by atoms with Crippen LogP contribution in [0.4, 0.5) is 5.69 Å². The number of ether oxygens (including phenoxy) is 2. The molecule has 0 saturated carbocycles. The Bertz CT molecular complexity index is 1040. The van der Waals surface area contributed by atoms with Gasteiger partial charge in [-0.05, 0) is 55.8 Å². The van der Waals surface area contributed by atoms with Gasteiger partial charge in [0.25, 0.3) is 0 Å². The predicted octanol–water partition coefficient (Wildman–Crippen LogP) is 5.79. The van der Waals surface area contributed by atoms with Gasteiger partial charge in [-0.2, -0.15) is 0 Å². The summed E-state index contributed by atoms with van der Waals surface area (Å²) in [5, 5.41) is 5.33. The van der Waals surface area contributed by atoms with E-state index in [0.29, 0.717) is 21.5 Å². The molecule has 0 radical (unpaired) electrons. The molecule has 2 aliphatic rings. The summed E-state index contributed by atoms with van der Waals surface area (Å²) in [5.41, 5.74) is 3.91. The van der Waals surface area contributed by atoms with Gasteiger partial charge >= 0.3 is 0 Å². The molecule has 0 fully saturated rings. The van der Waals surface area contributed by atoms with Crippen molar-refractivity contribution < 1.29 is 9.47 Å². The lowest BCUT2D eigenvalue weighted by atomic mass is 9.99. The Hall–Kier alpha value is -2.63. The van der Waals surface area contributed by atoms with E-state index in [1.807, 2.05) is 54.5 Å². The topological polar surface area (TPSA) is 37.3 Å². The summed E-state index contributed by atoms with van der Waals surface area (Å²) in [6.07, 6.45) is 3.99. The van der Waals surface area contributed by atoms with E-state index < -0.39 is 0 Å². The molecular weight excluding hydrogens is 409 g/mol. The maximum atomic E-state index is 6.28. The maximum Gasteiger partial charge on any atom is 0.161 e. The predicted molar refractivity (Wildman–Crippen MR) is 119 cm³/mol. The maximum absolute atomic E-state index is 6.28. The van der Waals surface area contributed by atoms with Gasteiger partial charge in [-0.3, -0.25) is 5.01 Å². The van der Waals surface area contributed by atoms with Crippen molar-refractivity contribution in [1.82, 2.24) is 5.01 Å². The van der Waals surface area contributed by atoms with Crippen molar-refractivity contribution in [3.8, 4) is 11.5 Å². The number of hydrogen-bond acceptors (Lipinski definition) is 5. The number of rotatable bonds is 4. The van der Waals surface area contributed by atoms with Gasteiger partial charge in [-0.15, -0.1) is 0 Å². The molecule has 1 unspecified atom stereocenters. The van der Waals surface area contributed by atoms with Gasteiger partial charge in [0.15, 0.2) is 17.3 Å². The van der Waals surface area contributed by atoms with E-state index in [0.717, 1.165) is 28.4 Å². The fourth-order valence-corrected chi connectivity index (χ4v) is 4.27. The summed E-state index contributed by atoms with van der Waals surface area (Å²) >= 11 is 12.6. The van der Waals surface area contributed by atoms with E-state index >= 15 is 0 Å². The SMILES string of the molecule is COc1ccc(C2=C3N=C(C)C=CN3N(c3cc(Cl)cc(Cl)c3)C2C)cc1OC. The van der Waals surface area contributed by atoms with Crippen molar-refractivity contribution in [1.29, 1.82) is 0 Å². The molecule has 1 atom stereocenters. The molecule has 2 aliphatic heterocycles. The smallest absolute Gasteiger partial charge is 0.161 e. The minimum Gasteiger partial charge on any atom is -0.493 e. The van der Waals surface area contributed by atoms with Crippen molar-refractivity contribution in [3.05, 3.63) is 70.1 Å². The molecule has 0 aromatic heterocycles. The number of allylic oxidation sites excluding steroid dienone is 1. The van der Waals surface area contributed by atoms with Crippen LogP contribution in [0, 0.1) is 0 Å². The third-order valence-corrected chi connectivity index (χ3v) is 5.46. The van der Waals surface area contributed by atoms with Crippen molar-refractivity contribution >= 4 is 40.2 Å². The van der Waals surface area contributed by atoms with Crippen LogP contribution in [0.15, 0.2) is 59.5 Å². The first-order valence-corrected chi connectivity index (χ1v) is 9.93. The first-order chi connectivity index (χ1) is 13.9. The van der Waals surface area contributed by atoms with Crippen molar-refractivity contribution in [3.63, 3.8) is 0 Å². The number of methoxy groups -OCH3 is 2. The van der Waals surface area contributed by atoms with Crippen LogP contribution in [-0.4, -0.2) is 31.0 Å². The molecule has 4 rings (SSSR count). The van der Waals surface area contributed by atoms with E-state index in [4.69, 9.17) is 37.7 Å². The molecule has 2 heterocycles. The largest absolute Gasteiger partial charge is 0.493 e. The van der Waals surface area contributed by atoms with E-state index in [1.165, 1.54) is 0 Å². The van der Waals surface area contributed by atoms with Gasteiger partial charge in [0, 0.05) is 27.5 Å². The highest BCUT2D eigenvalue weighted by Crippen LogP contribution is 2.43. The number of anilines is 1. The normalized spacial score (nSPS) is 18.1. The lowest BCUT2D eigenvalue weighted by Gasteiger charge is -2.34. The molecule has 2 aromatic rings.